The van der Waals surface area contributed by atoms with Crippen molar-refractivity contribution in [2.45, 2.75) is 103 Å². The Kier molecular flexibility index (Phi) is 6.06. The topological polar surface area (TPSA) is 27.7 Å². The van der Waals surface area contributed by atoms with E-state index in [9.17, 15) is 0 Å². The van der Waals surface area contributed by atoms with Crippen LogP contribution in [0.1, 0.15) is 48.5 Å². The molecule has 0 unspecified atom stereocenters. The molecule has 0 radical (unpaired) electrons. The van der Waals surface area contributed by atoms with Gasteiger partial charge in [-0.3, -0.25) is 0 Å². The van der Waals surface area contributed by atoms with Gasteiger partial charge in [-0.1, -0.05) is 41.5 Å². The Morgan fingerprint density at radius 1 is 0.826 bits per heavy atom. The van der Waals surface area contributed by atoms with Crippen molar-refractivity contribution in [1.82, 2.24) is 0 Å². The highest BCUT2D eigenvalue weighted by Crippen LogP contribution is 2.41. The molecular weight excluding hydrogens is 320 g/mol. The van der Waals surface area contributed by atoms with E-state index in [0.717, 1.165) is 0 Å². The van der Waals surface area contributed by atoms with Crippen LogP contribution in [0.2, 0.25) is 36.3 Å². The van der Waals surface area contributed by atoms with E-state index < -0.39 is 16.6 Å². The van der Waals surface area contributed by atoms with Crippen LogP contribution in [0.4, 0.5) is 0 Å². The van der Waals surface area contributed by atoms with Crippen LogP contribution in [0.3, 0.4) is 0 Å². The lowest BCUT2D eigenvalue weighted by Crippen LogP contribution is -2.55. The van der Waals surface area contributed by atoms with E-state index in [-0.39, 0.29) is 28.4 Å². The van der Waals surface area contributed by atoms with Gasteiger partial charge in [-0.05, 0) is 49.3 Å². The first-order chi connectivity index (χ1) is 10.1. The van der Waals surface area contributed by atoms with Crippen LogP contribution in [0, 0.1) is 0 Å². The smallest absolute Gasteiger partial charge is 0.193 e. The third-order valence-electron chi connectivity index (χ3n) is 5.82. The summed E-state index contributed by atoms with van der Waals surface area (Å²) in [4.78, 5) is 0. The molecule has 0 amide bonds. The van der Waals surface area contributed by atoms with Gasteiger partial charge in [0.05, 0.1) is 12.4 Å². The highest BCUT2D eigenvalue weighted by atomic mass is 28.4. The molecule has 0 aromatic carbocycles. The minimum atomic E-state index is -1.88. The average Bonchev–Trinajstić information content (AvgIpc) is 2.30. The SMILES string of the molecule is C[C@@H]1OC=C[C@H](O[Si](C)(C)C(C)(C)C)[C@H]1O[Si](C)(C)C(C)(C)C. The van der Waals surface area contributed by atoms with Gasteiger partial charge < -0.3 is 13.6 Å². The molecule has 23 heavy (non-hydrogen) atoms. The van der Waals surface area contributed by atoms with Crippen molar-refractivity contribution in [3.8, 4) is 0 Å². The molecule has 0 N–H and O–H groups in total. The summed E-state index contributed by atoms with van der Waals surface area (Å²) in [5.74, 6) is 0. The van der Waals surface area contributed by atoms with Crippen molar-refractivity contribution in [3.05, 3.63) is 12.3 Å². The summed E-state index contributed by atoms with van der Waals surface area (Å²) >= 11 is 0. The maximum absolute atomic E-state index is 6.69. The Hall–Kier alpha value is -0.106. The highest BCUT2D eigenvalue weighted by Gasteiger charge is 2.46. The molecule has 0 saturated carbocycles. The first-order valence-corrected chi connectivity index (χ1v) is 14.6. The summed E-state index contributed by atoms with van der Waals surface area (Å²) in [5.41, 5.74) is 0. The van der Waals surface area contributed by atoms with E-state index in [4.69, 9.17) is 13.6 Å². The van der Waals surface area contributed by atoms with Gasteiger partial charge in [-0.25, -0.2) is 0 Å². The van der Waals surface area contributed by atoms with Crippen LogP contribution < -0.4 is 0 Å². The molecule has 0 spiro atoms. The molecule has 0 fully saturated rings. The van der Waals surface area contributed by atoms with Gasteiger partial charge in [0.15, 0.2) is 16.6 Å². The van der Waals surface area contributed by atoms with Gasteiger partial charge >= 0.3 is 0 Å². The first kappa shape index (κ1) is 20.9. The summed E-state index contributed by atoms with van der Waals surface area (Å²) in [7, 11) is -3.73. The summed E-state index contributed by atoms with van der Waals surface area (Å²) in [6, 6.07) is 0. The molecule has 1 aliphatic rings. The van der Waals surface area contributed by atoms with Crippen LogP contribution in [0.5, 0.6) is 0 Å². The Morgan fingerprint density at radius 3 is 1.70 bits per heavy atom. The minimum absolute atomic E-state index is 0.0175. The van der Waals surface area contributed by atoms with E-state index in [1.165, 1.54) is 0 Å². The largest absolute Gasteiger partial charge is 0.496 e. The minimum Gasteiger partial charge on any atom is -0.496 e. The van der Waals surface area contributed by atoms with Crippen molar-refractivity contribution >= 4 is 16.6 Å². The molecule has 0 aromatic rings. The Bertz CT molecular complexity index is 431. The van der Waals surface area contributed by atoms with Crippen LogP contribution in [0.25, 0.3) is 0 Å². The summed E-state index contributed by atoms with van der Waals surface area (Å²) in [6.45, 7) is 24.9. The molecule has 3 nitrogen and oxygen atoms in total. The Morgan fingerprint density at radius 2 is 1.26 bits per heavy atom. The zero-order valence-corrected chi connectivity index (χ0v) is 19.1. The molecule has 1 rings (SSSR count). The van der Waals surface area contributed by atoms with Crippen molar-refractivity contribution in [2.24, 2.45) is 0 Å². The Labute approximate surface area is 146 Å². The molecule has 0 bridgehead atoms. The zero-order chi connectivity index (χ0) is 18.3. The van der Waals surface area contributed by atoms with Crippen LogP contribution in [-0.2, 0) is 13.6 Å². The van der Waals surface area contributed by atoms with E-state index >= 15 is 0 Å². The number of rotatable bonds is 4. The van der Waals surface area contributed by atoms with Gasteiger partial charge in [0.25, 0.3) is 0 Å². The van der Waals surface area contributed by atoms with Crippen LogP contribution in [0.15, 0.2) is 12.3 Å². The summed E-state index contributed by atoms with van der Waals surface area (Å²) in [6.07, 6.45) is 3.79. The van der Waals surface area contributed by atoms with Crippen LogP contribution >= 0.6 is 0 Å². The van der Waals surface area contributed by atoms with E-state index in [2.05, 4.69) is 74.7 Å². The van der Waals surface area contributed by atoms with Crippen molar-refractivity contribution < 1.29 is 13.6 Å². The maximum atomic E-state index is 6.69. The second kappa shape index (κ2) is 6.66. The Balaban J connectivity index is 3.01. The monoisotopic (exact) mass is 358 g/mol. The summed E-state index contributed by atoms with van der Waals surface area (Å²) in [5, 5.41) is 0.360. The van der Waals surface area contributed by atoms with Gasteiger partial charge in [-0.2, -0.15) is 0 Å². The second-order valence-electron chi connectivity index (χ2n) is 9.86. The highest BCUT2D eigenvalue weighted by molar-refractivity contribution is 6.74. The molecule has 0 aliphatic carbocycles. The third kappa shape index (κ3) is 4.94. The normalized spacial score (nSPS) is 27.0. The van der Waals surface area contributed by atoms with E-state index in [1.807, 2.05) is 6.08 Å². The fraction of sp³-hybridized carbons (Fsp3) is 0.889. The fourth-order valence-electron chi connectivity index (χ4n) is 2.00. The lowest BCUT2D eigenvalue weighted by molar-refractivity contribution is -0.0422. The molecule has 136 valence electrons. The number of ether oxygens (including phenoxy) is 1. The number of hydrogen-bond donors (Lipinski definition) is 0. The molecule has 1 aliphatic heterocycles. The lowest BCUT2D eigenvalue weighted by Gasteiger charge is -2.46. The van der Waals surface area contributed by atoms with Crippen molar-refractivity contribution in [3.63, 3.8) is 0 Å². The van der Waals surface area contributed by atoms with Gasteiger partial charge in [0.2, 0.25) is 0 Å². The van der Waals surface area contributed by atoms with E-state index in [0.29, 0.717) is 0 Å². The number of hydrogen-bond acceptors (Lipinski definition) is 3. The van der Waals surface area contributed by atoms with Crippen molar-refractivity contribution in [2.75, 3.05) is 0 Å². The second-order valence-corrected chi connectivity index (χ2v) is 19.4. The lowest BCUT2D eigenvalue weighted by atomic mass is 10.1. The standard InChI is InChI=1S/C18H38O3Si2/c1-14-16(21-23(10,11)18(5,6)7)15(12-13-19-14)20-22(8,9)17(2,3)4/h12-16H,1-11H3/t14-,15-,16-/m0/s1. The van der Waals surface area contributed by atoms with Gasteiger partial charge in [0, 0.05) is 0 Å². The maximum Gasteiger partial charge on any atom is 0.193 e. The van der Waals surface area contributed by atoms with Gasteiger partial charge in [0.1, 0.15) is 12.2 Å². The summed E-state index contributed by atoms with van der Waals surface area (Å²) < 4.78 is 19.1. The molecule has 5 heteroatoms. The molecule has 0 aromatic heterocycles. The zero-order valence-electron chi connectivity index (χ0n) is 17.1. The molecule has 0 saturated heterocycles. The van der Waals surface area contributed by atoms with Crippen molar-refractivity contribution in [1.29, 1.82) is 0 Å². The predicted molar refractivity (Wildman–Crippen MR) is 104 cm³/mol. The van der Waals surface area contributed by atoms with Gasteiger partial charge in [-0.15, -0.1) is 0 Å². The van der Waals surface area contributed by atoms with E-state index in [1.54, 1.807) is 6.26 Å². The molecular formula is C18H38O3Si2. The molecule has 1 heterocycles. The fourth-order valence-corrected chi connectivity index (χ4v) is 4.61. The first-order valence-electron chi connectivity index (χ1n) is 8.76. The molecule has 3 atom stereocenters. The third-order valence-corrected chi connectivity index (χ3v) is 14.8. The predicted octanol–water partition coefficient (Wildman–Crippen LogP) is 5.70. The quantitative estimate of drug-likeness (QED) is 0.603. The average molecular weight is 359 g/mol. The van der Waals surface area contributed by atoms with Crippen LogP contribution in [-0.4, -0.2) is 34.9 Å².